The first-order valence-electron chi connectivity index (χ1n) is 7.14. The van der Waals surface area contributed by atoms with Crippen LogP contribution in [0.2, 0.25) is 0 Å². The molecule has 0 bridgehead atoms. The fourth-order valence-electron chi connectivity index (χ4n) is 3.03. The van der Waals surface area contributed by atoms with Gasteiger partial charge in [0.15, 0.2) is 10.7 Å². The van der Waals surface area contributed by atoms with Gasteiger partial charge in [0.2, 0.25) is 0 Å². The van der Waals surface area contributed by atoms with Gasteiger partial charge in [0.05, 0.1) is 31.6 Å². The molecule has 0 N–H and O–H groups in total. The van der Waals surface area contributed by atoms with Gasteiger partial charge in [0.1, 0.15) is 0 Å². The third kappa shape index (κ3) is 2.37. The van der Waals surface area contributed by atoms with Gasteiger partial charge in [-0.3, -0.25) is 4.40 Å². The first kappa shape index (κ1) is 12.8. The van der Waals surface area contributed by atoms with Crippen LogP contribution >= 0.6 is 11.3 Å². The molecule has 1 aliphatic heterocycles. The molecule has 0 amide bonds. The number of fused-ring (bicyclic) bond motifs is 1. The van der Waals surface area contributed by atoms with Crippen molar-refractivity contribution in [2.75, 3.05) is 13.2 Å². The molecule has 1 aliphatic carbocycles. The third-order valence-corrected chi connectivity index (χ3v) is 4.89. The lowest BCUT2D eigenvalue weighted by Gasteiger charge is -2.35. The summed E-state index contributed by atoms with van der Waals surface area (Å²) in [6.45, 7) is 2.06. The van der Waals surface area contributed by atoms with Crippen molar-refractivity contribution < 1.29 is 14.2 Å². The van der Waals surface area contributed by atoms with Gasteiger partial charge in [-0.1, -0.05) is 0 Å². The highest BCUT2D eigenvalue weighted by molar-refractivity contribution is 7.15. The first-order chi connectivity index (χ1) is 9.83. The van der Waals surface area contributed by atoms with Crippen LogP contribution in [0.4, 0.5) is 0 Å². The van der Waals surface area contributed by atoms with E-state index < -0.39 is 0 Å². The fraction of sp³-hybridized carbons (Fsp3) is 0.643. The zero-order valence-corrected chi connectivity index (χ0v) is 12.1. The number of thiazole rings is 1. The maximum absolute atomic E-state index is 5.99. The predicted molar refractivity (Wildman–Crippen MR) is 74.7 cm³/mol. The van der Waals surface area contributed by atoms with E-state index in [2.05, 4.69) is 4.98 Å². The Hall–Kier alpha value is -0.950. The van der Waals surface area contributed by atoms with E-state index in [1.165, 1.54) is 0 Å². The molecule has 1 saturated heterocycles. The van der Waals surface area contributed by atoms with Gasteiger partial charge in [-0.15, -0.1) is 11.3 Å². The van der Waals surface area contributed by atoms with Gasteiger partial charge >= 0.3 is 0 Å². The molecule has 108 valence electrons. The van der Waals surface area contributed by atoms with E-state index in [-0.39, 0.29) is 5.79 Å². The SMILES string of the molecule is c1cn2cc(COC3CCC4(CC3)OCCO4)nc2s1. The topological polar surface area (TPSA) is 45.0 Å². The molecule has 1 saturated carbocycles. The van der Waals surface area contributed by atoms with Crippen molar-refractivity contribution in [1.82, 2.24) is 9.38 Å². The lowest BCUT2D eigenvalue weighted by Crippen LogP contribution is -2.37. The molecule has 0 atom stereocenters. The van der Waals surface area contributed by atoms with E-state index >= 15 is 0 Å². The van der Waals surface area contributed by atoms with E-state index in [1.54, 1.807) is 11.3 Å². The van der Waals surface area contributed by atoms with Gasteiger partial charge in [0.25, 0.3) is 0 Å². The van der Waals surface area contributed by atoms with Crippen LogP contribution in [0.1, 0.15) is 31.4 Å². The van der Waals surface area contributed by atoms with Crippen LogP contribution in [0.15, 0.2) is 17.8 Å². The Morgan fingerprint density at radius 2 is 2.15 bits per heavy atom. The number of rotatable bonds is 3. The maximum atomic E-state index is 5.99. The summed E-state index contributed by atoms with van der Waals surface area (Å²) in [4.78, 5) is 5.56. The number of imidazole rings is 1. The van der Waals surface area contributed by atoms with Crippen molar-refractivity contribution in [2.45, 2.75) is 44.2 Å². The number of aromatic nitrogens is 2. The molecule has 0 aromatic carbocycles. The van der Waals surface area contributed by atoms with E-state index in [4.69, 9.17) is 14.2 Å². The Kier molecular flexibility index (Phi) is 3.26. The highest BCUT2D eigenvalue weighted by Crippen LogP contribution is 2.36. The highest BCUT2D eigenvalue weighted by atomic mass is 32.1. The van der Waals surface area contributed by atoms with Crippen LogP contribution in [-0.4, -0.2) is 34.5 Å². The monoisotopic (exact) mass is 294 g/mol. The normalized spacial score (nSPS) is 23.0. The summed E-state index contributed by atoms with van der Waals surface area (Å²) < 4.78 is 19.5. The molecule has 1 spiro atoms. The molecule has 6 heteroatoms. The van der Waals surface area contributed by atoms with Crippen LogP contribution in [0.5, 0.6) is 0 Å². The number of hydrogen-bond acceptors (Lipinski definition) is 5. The molecular weight excluding hydrogens is 276 g/mol. The average Bonchev–Trinajstić information content (AvgIpc) is 3.14. The molecule has 0 unspecified atom stereocenters. The standard InChI is InChI=1S/C14H18N2O3S/c1-3-14(18-6-7-19-14)4-2-12(1)17-10-11-9-16-5-8-20-13(16)15-11/h5,8-9,12H,1-4,6-7,10H2. The zero-order chi connectivity index (χ0) is 13.4. The fourth-order valence-corrected chi connectivity index (χ4v) is 3.75. The Morgan fingerprint density at radius 3 is 2.90 bits per heavy atom. The van der Waals surface area contributed by atoms with Crippen LogP contribution in [0.25, 0.3) is 4.96 Å². The lowest BCUT2D eigenvalue weighted by molar-refractivity contribution is -0.192. The number of hydrogen-bond donors (Lipinski definition) is 0. The highest BCUT2D eigenvalue weighted by Gasteiger charge is 2.40. The molecule has 4 rings (SSSR count). The Bertz CT molecular complexity index is 550. The molecule has 2 aromatic rings. The lowest BCUT2D eigenvalue weighted by atomic mass is 9.92. The van der Waals surface area contributed by atoms with Gasteiger partial charge < -0.3 is 14.2 Å². The largest absolute Gasteiger partial charge is 0.372 e. The summed E-state index contributed by atoms with van der Waals surface area (Å²) in [6.07, 6.45) is 8.25. The number of nitrogens with zero attached hydrogens (tertiary/aromatic N) is 2. The second kappa shape index (κ2) is 5.11. The minimum atomic E-state index is -0.295. The maximum Gasteiger partial charge on any atom is 0.193 e. The van der Waals surface area contributed by atoms with Gasteiger partial charge in [0, 0.05) is 30.6 Å². The number of ether oxygens (including phenoxy) is 3. The van der Waals surface area contributed by atoms with Crippen LogP contribution in [0, 0.1) is 0 Å². The van der Waals surface area contributed by atoms with E-state index in [0.29, 0.717) is 12.7 Å². The van der Waals surface area contributed by atoms with Crippen molar-refractivity contribution in [1.29, 1.82) is 0 Å². The molecular formula is C14H18N2O3S. The second-order valence-corrected chi connectivity index (χ2v) is 6.32. The Morgan fingerprint density at radius 1 is 1.35 bits per heavy atom. The summed E-state index contributed by atoms with van der Waals surface area (Å²) in [7, 11) is 0. The summed E-state index contributed by atoms with van der Waals surface area (Å²) in [5, 5.41) is 2.04. The quantitative estimate of drug-likeness (QED) is 0.873. The van der Waals surface area contributed by atoms with E-state index in [9.17, 15) is 0 Å². The van der Waals surface area contributed by atoms with Crippen molar-refractivity contribution in [3.63, 3.8) is 0 Å². The van der Waals surface area contributed by atoms with Crippen molar-refractivity contribution in [3.8, 4) is 0 Å². The van der Waals surface area contributed by atoms with Crippen LogP contribution < -0.4 is 0 Å². The van der Waals surface area contributed by atoms with Crippen LogP contribution in [-0.2, 0) is 20.8 Å². The van der Waals surface area contributed by atoms with Gasteiger partial charge in [-0.2, -0.15) is 0 Å². The van der Waals surface area contributed by atoms with Crippen molar-refractivity contribution in [2.24, 2.45) is 0 Å². The van der Waals surface area contributed by atoms with Crippen molar-refractivity contribution >= 4 is 16.3 Å². The third-order valence-electron chi connectivity index (χ3n) is 4.12. The van der Waals surface area contributed by atoms with E-state index in [0.717, 1.165) is 49.6 Å². The summed E-state index contributed by atoms with van der Waals surface area (Å²) in [5.74, 6) is -0.295. The Labute approximate surface area is 121 Å². The van der Waals surface area contributed by atoms with Gasteiger partial charge in [-0.05, 0) is 12.8 Å². The van der Waals surface area contributed by atoms with Gasteiger partial charge in [-0.25, -0.2) is 4.98 Å². The molecule has 0 radical (unpaired) electrons. The van der Waals surface area contributed by atoms with E-state index in [1.807, 2.05) is 22.2 Å². The molecule has 20 heavy (non-hydrogen) atoms. The molecule has 2 aliphatic rings. The van der Waals surface area contributed by atoms with Crippen molar-refractivity contribution in [3.05, 3.63) is 23.5 Å². The zero-order valence-electron chi connectivity index (χ0n) is 11.3. The summed E-state index contributed by atoms with van der Waals surface area (Å²) in [5.41, 5.74) is 1.01. The summed E-state index contributed by atoms with van der Waals surface area (Å²) >= 11 is 1.65. The average molecular weight is 294 g/mol. The van der Waals surface area contributed by atoms with Crippen LogP contribution in [0.3, 0.4) is 0 Å². The minimum Gasteiger partial charge on any atom is -0.372 e. The minimum absolute atomic E-state index is 0.295. The molecule has 2 fully saturated rings. The second-order valence-electron chi connectivity index (χ2n) is 5.44. The smallest absolute Gasteiger partial charge is 0.193 e. The molecule has 3 heterocycles. The molecule has 2 aromatic heterocycles. The first-order valence-corrected chi connectivity index (χ1v) is 8.02. The summed E-state index contributed by atoms with van der Waals surface area (Å²) in [6, 6.07) is 0. The Balaban J connectivity index is 1.31. The molecule has 5 nitrogen and oxygen atoms in total. The predicted octanol–water partition coefficient (Wildman–Crippen LogP) is 2.60.